The lowest BCUT2D eigenvalue weighted by Crippen LogP contribution is -2.26. The Kier molecular flexibility index (Phi) is 8.20. The standard InChI is InChI=1S/C26H28N2O5S/c1-4-33-24-13-9-21(10-14-24)18(2)28-26(30)23-7-5-20(6-8-23)17-27-34(31,32)25-15-11-22(12-16-25)19(3)29/h5-16,18,27H,4,17H2,1-3H3,(H,28,30). The maximum atomic E-state index is 12.6. The van der Waals surface area contributed by atoms with Crippen LogP contribution in [0.15, 0.2) is 77.7 Å². The fourth-order valence-corrected chi connectivity index (χ4v) is 4.30. The maximum absolute atomic E-state index is 12.6. The molecule has 7 nitrogen and oxygen atoms in total. The van der Waals surface area contributed by atoms with Gasteiger partial charge in [-0.3, -0.25) is 9.59 Å². The number of carbonyl (C=O) groups is 2. The lowest BCUT2D eigenvalue weighted by Gasteiger charge is -2.15. The lowest BCUT2D eigenvalue weighted by atomic mass is 10.1. The van der Waals surface area contributed by atoms with Gasteiger partial charge in [0.25, 0.3) is 5.91 Å². The summed E-state index contributed by atoms with van der Waals surface area (Å²) in [5.41, 5.74) is 2.59. The molecule has 0 spiro atoms. The van der Waals surface area contributed by atoms with E-state index in [4.69, 9.17) is 4.74 Å². The molecule has 0 aliphatic rings. The van der Waals surface area contributed by atoms with E-state index < -0.39 is 10.0 Å². The fraction of sp³-hybridized carbons (Fsp3) is 0.231. The van der Waals surface area contributed by atoms with Crippen molar-refractivity contribution in [2.75, 3.05) is 6.61 Å². The zero-order valence-electron chi connectivity index (χ0n) is 19.4. The normalized spacial score (nSPS) is 12.1. The number of nitrogens with one attached hydrogen (secondary N) is 2. The van der Waals surface area contributed by atoms with E-state index in [0.29, 0.717) is 23.3 Å². The largest absolute Gasteiger partial charge is 0.494 e. The molecule has 1 atom stereocenters. The van der Waals surface area contributed by atoms with E-state index >= 15 is 0 Å². The first kappa shape index (κ1) is 25.1. The van der Waals surface area contributed by atoms with E-state index in [2.05, 4.69) is 10.0 Å². The van der Waals surface area contributed by atoms with Gasteiger partial charge < -0.3 is 10.1 Å². The van der Waals surface area contributed by atoms with Crippen molar-refractivity contribution in [2.45, 2.75) is 38.3 Å². The summed E-state index contributed by atoms with van der Waals surface area (Å²) in [6.07, 6.45) is 0. The van der Waals surface area contributed by atoms with Crippen molar-refractivity contribution < 1.29 is 22.7 Å². The third-order valence-corrected chi connectivity index (χ3v) is 6.71. The van der Waals surface area contributed by atoms with Gasteiger partial charge in [-0.05, 0) is 68.3 Å². The van der Waals surface area contributed by atoms with Crippen LogP contribution in [0.25, 0.3) is 0 Å². The highest BCUT2D eigenvalue weighted by atomic mass is 32.2. The summed E-state index contributed by atoms with van der Waals surface area (Å²) in [5, 5.41) is 2.96. The Labute approximate surface area is 200 Å². The summed E-state index contributed by atoms with van der Waals surface area (Å²) < 4.78 is 33.0. The minimum Gasteiger partial charge on any atom is -0.494 e. The summed E-state index contributed by atoms with van der Waals surface area (Å²) >= 11 is 0. The molecular weight excluding hydrogens is 452 g/mol. The number of ether oxygens (including phenoxy) is 1. The van der Waals surface area contributed by atoms with Gasteiger partial charge in [0.1, 0.15) is 5.75 Å². The van der Waals surface area contributed by atoms with Crippen LogP contribution < -0.4 is 14.8 Å². The highest BCUT2D eigenvalue weighted by molar-refractivity contribution is 7.89. The number of ketones is 1. The van der Waals surface area contributed by atoms with Crippen LogP contribution in [0.5, 0.6) is 5.75 Å². The third kappa shape index (κ3) is 6.52. The minimum atomic E-state index is -3.73. The molecule has 0 aliphatic carbocycles. The third-order valence-electron chi connectivity index (χ3n) is 5.29. The quantitative estimate of drug-likeness (QED) is 0.422. The summed E-state index contributed by atoms with van der Waals surface area (Å²) in [6, 6.07) is 19.9. The first-order valence-corrected chi connectivity index (χ1v) is 12.4. The molecule has 0 saturated carbocycles. The highest BCUT2D eigenvalue weighted by Gasteiger charge is 2.15. The average Bonchev–Trinajstić information content (AvgIpc) is 2.83. The van der Waals surface area contributed by atoms with Gasteiger partial charge in [-0.25, -0.2) is 13.1 Å². The van der Waals surface area contributed by atoms with Gasteiger partial charge in [-0.1, -0.05) is 36.4 Å². The van der Waals surface area contributed by atoms with Crippen LogP contribution in [-0.4, -0.2) is 26.7 Å². The molecule has 0 aliphatic heterocycles. The molecule has 3 rings (SSSR count). The molecule has 0 radical (unpaired) electrons. The Morgan fingerprint density at radius 2 is 1.47 bits per heavy atom. The van der Waals surface area contributed by atoms with E-state index in [1.165, 1.54) is 31.2 Å². The number of hydrogen-bond acceptors (Lipinski definition) is 5. The Bertz CT molecular complexity index is 1240. The van der Waals surface area contributed by atoms with Gasteiger partial charge in [-0.15, -0.1) is 0 Å². The van der Waals surface area contributed by atoms with Crippen LogP contribution in [0.4, 0.5) is 0 Å². The zero-order chi connectivity index (χ0) is 24.7. The van der Waals surface area contributed by atoms with Gasteiger partial charge in [-0.2, -0.15) is 0 Å². The number of amides is 1. The van der Waals surface area contributed by atoms with Crippen molar-refractivity contribution in [3.8, 4) is 5.75 Å². The fourth-order valence-electron chi connectivity index (χ4n) is 3.29. The average molecular weight is 481 g/mol. The summed E-state index contributed by atoms with van der Waals surface area (Å²) in [5.74, 6) is 0.429. The summed E-state index contributed by atoms with van der Waals surface area (Å²) in [6.45, 7) is 5.91. The van der Waals surface area contributed by atoms with Crippen LogP contribution >= 0.6 is 0 Å². The molecule has 0 bridgehead atoms. The Hall–Kier alpha value is -3.49. The first-order chi connectivity index (χ1) is 16.2. The number of hydrogen-bond donors (Lipinski definition) is 2. The Balaban J connectivity index is 1.57. The van der Waals surface area contributed by atoms with E-state index in [0.717, 1.165) is 11.3 Å². The Morgan fingerprint density at radius 3 is 2.03 bits per heavy atom. The van der Waals surface area contributed by atoms with Crippen LogP contribution in [0.1, 0.15) is 58.7 Å². The number of carbonyl (C=O) groups excluding carboxylic acids is 2. The molecule has 0 aromatic heterocycles. The second kappa shape index (κ2) is 11.1. The Morgan fingerprint density at radius 1 is 0.882 bits per heavy atom. The van der Waals surface area contributed by atoms with Crippen molar-refractivity contribution in [3.63, 3.8) is 0 Å². The molecule has 1 unspecified atom stereocenters. The lowest BCUT2D eigenvalue weighted by molar-refractivity contribution is 0.0939. The van der Waals surface area contributed by atoms with Gasteiger partial charge >= 0.3 is 0 Å². The second-order valence-corrected chi connectivity index (χ2v) is 9.57. The number of rotatable bonds is 10. The highest BCUT2D eigenvalue weighted by Crippen LogP contribution is 2.18. The number of benzene rings is 3. The van der Waals surface area contributed by atoms with Crippen LogP contribution in [-0.2, 0) is 16.6 Å². The van der Waals surface area contributed by atoms with E-state index in [9.17, 15) is 18.0 Å². The molecule has 3 aromatic rings. The van der Waals surface area contributed by atoms with Gasteiger partial charge in [0.2, 0.25) is 10.0 Å². The van der Waals surface area contributed by atoms with E-state index in [1.807, 2.05) is 38.1 Å². The summed E-state index contributed by atoms with van der Waals surface area (Å²) in [7, 11) is -3.73. The van der Waals surface area contributed by atoms with Gasteiger partial charge in [0.15, 0.2) is 5.78 Å². The second-order valence-electron chi connectivity index (χ2n) is 7.80. The molecule has 178 valence electrons. The first-order valence-electron chi connectivity index (χ1n) is 10.9. The number of sulfonamides is 1. The van der Waals surface area contributed by atoms with E-state index in [1.54, 1.807) is 24.3 Å². The van der Waals surface area contributed by atoms with Gasteiger partial charge in [0.05, 0.1) is 17.5 Å². The maximum Gasteiger partial charge on any atom is 0.251 e. The van der Waals surface area contributed by atoms with Crippen molar-refractivity contribution in [1.82, 2.24) is 10.0 Å². The molecule has 0 saturated heterocycles. The van der Waals surface area contributed by atoms with Gasteiger partial charge in [0, 0.05) is 17.7 Å². The molecule has 2 N–H and O–H groups in total. The molecular formula is C26H28N2O5S. The smallest absolute Gasteiger partial charge is 0.251 e. The summed E-state index contributed by atoms with van der Waals surface area (Å²) in [4.78, 5) is 24.1. The molecule has 0 fully saturated rings. The zero-order valence-corrected chi connectivity index (χ0v) is 20.2. The molecule has 1 amide bonds. The van der Waals surface area contributed by atoms with Crippen molar-refractivity contribution in [2.24, 2.45) is 0 Å². The van der Waals surface area contributed by atoms with E-state index in [-0.39, 0.29) is 29.2 Å². The SMILES string of the molecule is CCOc1ccc(C(C)NC(=O)c2ccc(CNS(=O)(=O)c3ccc(C(C)=O)cc3)cc2)cc1. The number of Topliss-reactive ketones (excluding diaryl/α,β-unsaturated/α-hetero) is 1. The predicted molar refractivity (Wildman–Crippen MR) is 130 cm³/mol. The molecule has 3 aromatic carbocycles. The molecule has 34 heavy (non-hydrogen) atoms. The molecule has 0 heterocycles. The van der Waals surface area contributed by atoms with Crippen LogP contribution in [0.2, 0.25) is 0 Å². The monoisotopic (exact) mass is 480 g/mol. The van der Waals surface area contributed by atoms with Crippen molar-refractivity contribution >= 4 is 21.7 Å². The minimum absolute atomic E-state index is 0.0707. The predicted octanol–water partition coefficient (Wildman–Crippen LogP) is 4.26. The van der Waals surface area contributed by atoms with Crippen molar-refractivity contribution in [1.29, 1.82) is 0 Å². The van der Waals surface area contributed by atoms with Crippen LogP contribution in [0, 0.1) is 0 Å². The molecule has 8 heteroatoms. The van der Waals surface area contributed by atoms with Crippen molar-refractivity contribution in [3.05, 3.63) is 95.1 Å². The van der Waals surface area contributed by atoms with Crippen LogP contribution in [0.3, 0.4) is 0 Å². The topological polar surface area (TPSA) is 102 Å².